The van der Waals surface area contributed by atoms with Crippen LogP contribution in [0, 0.1) is 17.3 Å². The van der Waals surface area contributed by atoms with Gasteiger partial charge >= 0.3 is 0 Å². The number of hydrogen-bond donors (Lipinski definition) is 1. The first-order valence-corrected chi connectivity index (χ1v) is 8.10. The number of sulfone groups is 1. The maximum atomic E-state index is 12.0. The zero-order valence-corrected chi connectivity index (χ0v) is 11.5. The van der Waals surface area contributed by atoms with Crippen LogP contribution < -0.4 is 5.32 Å². The smallest absolute Gasteiger partial charge is 0.230 e. The maximum absolute atomic E-state index is 12.0. The number of nitrogens with one attached hydrogen (secondary N) is 1. The third-order valence-electron chi connectivity index (χ3n) is 3.96. The maximum Gasteiger partial charge on any atom is 0.230 e. The molecule has 0 bridgehead atoms. The van der Waals surface area contributed by atoms with E-state index in [1.165, 1.54) is 0 Å². The molecular weight excluding hydrogens is 254 g/mol. The summed E-state index contributed by atoms with van der Waals surface area (Å²) in [5.74, 6) is -0.602. The summed E-state index contributed by atoms with van der Waals surface area (Å²) in [6.07, 6.45) is 1.23. The molecule has 18 heavy (non-hydrogen) atoms. The normalized spacial score (nSPS) is 35.2. The van der Waals surface area contributed by atoms with Crippen molar-refractivity contribution in [2.24, 2.45) is 17.3 Å². The van der Waals surface area contributed by atoms with Gasteiger partial charge in [0.05, 0.1) is 11.5 Å². The van der Waals surface area contributed by atoms with E-state index in [1.54, 1.807) is 0 Å². The van der Waals surface area contributed by atoms with Crippen LogP contribution in [0.1, 0.15) is 33.1 Å². The van der Waals surface area contributed by atoms with Gasteiger partial charge in [0.15, 0.2) is 9.84 Å². The molecule has 2 saturated heterocycles. The van der Waals surface area contributed by atoms with E-state index in [4.69, 9.17) is 0 Å². The predicted octanol–water partition coefficient (Wildman–Crippen LogP) is 0.500. The van der Waals surface area contributed by atoms with Gasteiger partial charge in [-0.1, -0.05) is 13.8 Å². The molecule has 2 atom stereocenters. The lowest BCUT2D eigenvalue weighted by molar-refractivity contribution is -0.143. The van der Waals surface area contributed by atoms with Crippen molar-refractivity contribution in [3.63, 3.8) is 0 Å². The Labute approximate surface area is 107 Å². The summed E-state index contributed by atoms with van der Waals surface area (Å²) in [5.41, 5.74) is -0.650. The van der Waals surface area contributed by atoms with Crippen molar-refractivity contribution in [1.29, 1.82) is 0 Å². The van der Waals surface area contributed by atoms with Gasteiger partial charge in [-0.05, 0) is 18.8 Å². The third-order valence-corrected chi connectivity index (χ3v) is 5.80. The van der Waals surface area contributed by atoms with Gasteiger partial charge in [0.2, 0.25) is 11.8 Å². The van der Waals surface area contributed by atoms with Gasteiger partial charge in [-0.3, -0.25) is 14.9 Å². The van der Waals surface area contributed by atoms with E-state index in [2.05, 4.69) is 5.32 Å². The van der Waals surface area contributed by atoms with E-state index in [9.17, 15) is 18.0 Å². The van der Waals surface area contributed by atoms with E-state index in [1.807, 2.05) is 13.8 Å². The highest BCUT2D eigenvalue weighted by Gasteiger charge is 2.54. The molecule has 2 fully saturated rings. The van der Waals surface area contributed by atoms with Gasteiger partial charge in [0, 0.05) is 17.8 Å². The molecule has 1 spiro atoms. The molecule has 1 N–H and O–H groups in total. The quantitative estimate of drug-likeness (QED) is 0.743. The van der Waals surface area contributed by atoms with E-state index in [0.717, 1.165) is 0 Å². The zero-order valence-electron chi connectivity index (χ0n) is 10.7. The zero-order chi connectivity index (χ0) is 13.6. The Morgan fingerprint density at radius 3 is 2.56 bits per heavy atom. The summed E-state index contributed by atoms with van der Waals surface area (Å²) in [6, 6.07) is 0. The van der Waals surface area contributed by atoms with E-state index < -0.39 is 15.3 Å². The van der Waals surface area contributed by atoms with Crippen molar-refractivity contribution in [3.05, 3.63) is 0 Å². The molecule has 0 aromatic rings. The summed E-state index contributed by atoms with van der Waals surface area (Å²) in [6.45, 7) is 4.00. The molecule has 2 aliphatic rings. The number of carbonyl (C=O) groups is 2. The Kier molecular flexibility index (Phi) is 3.25. The van der Waals surface area contributed by atoms with Gasteiger partial charge in [-0.2, -0.15) is 0 Å². The van der Waals surface area contributed by atoms with Crippen LogP contribution in [0.15, 0.2) is 0 Å². The van der Waals surface area contributed by atoms with E-state index in [0.29, 0.717) is 18.8 Å². The van der Waals surface area contributed by atoms with Crippen molar-refractivity contribution >= 4 is 21.7 Å². The second kappa shape index (κ2) is 4.33. The molecule has 2 rings (SSSR count). The molecule has 2 unspecified atom stereocenters. The van der Waals surface area contributed by atoms with Gasteiger partial charge in [-0.15, -0.1) is 0 Å². The molecule has 2 amide bonds. The number of piperidine rings is 1. The van der Waals surface area contributed by atoms with Gasteiger partial charge in [-0.25, -0.2) is 8.42 Å². The average Bonchev–Trinajstić information content (AvgIpc) is 2.49. The SMILES string of the molecule is CC(C)CC1C(=O)NC(=O)CC12CCS(=O)(=O)C2. The van der Waals surface area contributed by atoms with Crippen molar-refractivity contribution in [3.8, 4) is 0 Å². The van der Waals surface area contributed by atoms with Crippen molar-refractivity contribution in [1.82, 2.24) is 5.32 Å². The molecule has 0 aromatic heterocycles. The average molecular weight is 273 g/mol. The number of hydrogen-bond acceptors (Lipinski definition) is 4. The molecule has 0 aromatic carbocycles. The third kappa shape index (κ3) is 2.43. The first-order valence-electron chi connectivity index (χ1n) is 6.28. The fraction of sp³-hybridized carbons (Fsp3) is 0.833. The van der Waals surface area contributed by atoms with E-state index >= 15 is 0 Å². The lowest BCUT2D eigenvalue weighted by Crippen LogP contribution is -2.53. The highest BCUT2D eigenvalue weighted by atomic mass is 32.2. The molecule has 0 radical (unpaired) electrons. The molecule has 6 heteroatoms. The Balaban J connectivity index is 2.34. The van der Waals surface area contributed by atoms with Crippen LogP contribution in [-0.2, 0) is 19.4 Å². The minimum absolute atomic E-state index is 0.0173. The van der Waals surface area contributed by atoms with Crippen molar-refractivity contribution in [2.45, 2.75) is 33.1 Å². The molecule has 0 aliphatic carbocycles. The molecule has 5 nitrogen and oxygen atoms in total. The van der Waals surface area contributed by atoms with Gasteiger partial charge in [0.1, 0.15) is 0 Å². The lowest BCUT2D eigenvalue weighted by Gasteiger charge is -2.39. The highest BCUT2D eigenvalue weighted by molar-refractivity contribution is 7.91. The second-order valence-corrected chi connectivity index (χ2v) is 8.16. The topological polar surface area (TPSA) is 80.3 Å². The second-order valence-electron chi connectivity index (χ2n) is 5.98. The number of carbonyl (C=O) groups excluding carboxylic acids is 2. The summed E-state index contributed by atoms with van der Waals surface area (Å²) >= 11 is 0. The van der Waals surface area contributed by atoms with Crippen molar-refractivity contribution in [2.75, 3.05) is 11.5 Å². The summed E-state index contributed by atoms with van der Waals surface area (Å²) in [4.78, 5) is 23.5. The fourth-order valence-corrected chi connectivity index (χ4v) is 5.36. The van der Waals surface area contributed by atoms with Gasteiger partial charge < -0.3 is 0 Å². The standard InChI is InChI=1S/C12H19NO4S/c1-8(2)5-9-11(15)13-10(14)6-12(9)3-4-18(16,17)7-12/h8-9H,3-7H2,1-2H3,(H,13,14,15). The summed E-state index contributed by atoms with van der Waals surface area (Å²) < 4.78 is 23.4. The van der Waals surface area contributed by atoms with Crippen LogP contribution in [0.3, 0.4) is 0 Å². The first kappa shape index (κ1) is 13.5. The molecule has 2 aliphatic heterocycles. The lowest BCUT2D eigenvalue weighted by atomic mass is 9.67. The summed E-state index contributed by atoms with van der Waals surface area (Å²) in [7, 11) is -3.10. The fourth-order valence-electron chi connectivity index (χ4n) is 3.17. The number of amides is 2. The predicted molar refractivity (Wildman–Crippen MR) is 66.4 cm³/mol. The minimum atomic E-state index is -3.10. The molecule has 2 heterocycles. The monoisotopic (exact) mass is 273 g/mol. The highest BCUT2D eigenvalue weighted by Crippen LogP contribution is 2.46. The van der Waals surface area contributed by atoms with Crippen LogP contribution in [0.25, 0.3) is 0 Å². The Morgan fingerprint density at radius 2 is 2.06 bits per heavy atom. The Hall–Kier alpha value is -0.910. The van der Waals surface area contributed by atoms with Crippen LogP contribution in [0.4, 0.5) is 0 Å². The van der Waals surface area contributed by atoms with Gasteiger partial charge in [0.25, 0.3) is 0 Å². The largest absolute Gasteiger partial charge is 0.296 e. The van der Waals surface area contributed by atoms with Crippen LogP contribution in [0.2, 0.25) is 0 Å². The molecular formula is C12H19NO4S. The summed E-state index contributed by atoms with van der Waals surface area (Å²) in [5, 5.41) is 2.34. The van der Waals surface area contributed by atoms with Crippen LogP contribution in [0.5, 0.6) is 0 Å². The van der Waals surface area contributed by atoms with Crippen molar-refractivity contribution < 1.29 is 18.0 Å². The molecule has 102 valence electrons. The van der Waals surface area contributed by atoms with Crippen LogP contribution in [-0.4, -0.2) is 31.7 Å². The molecule has 0 saturated carbocycles. The Bertz CT molecular complexity index is 482. The Morgan fingerprint density at radius 1 is 1.39 bits per heavy atom. The van der Waals surface area contributed by atoms with Crippen LogP contribution >= 0.6 is 0 Å². The first-order chi connectivity index (χ1) is 8.24. The van der Waals surface area contributed by atoms with E-state index in [-0.39, 0.29) is 35.7 Å². The number of rotatable bonds is 2. The minimum Gasteiger partial charge on any atom is -0.296 e. The number of imide groups is 1.